The molecule has 2 amide bonds. The van der Waals surface area contributed by atoms with E-state index in [4.69, 9.17) is 14.2 Å². The summed E-state index contributed by atoms with van der Waals surface area (Å²) in [6.07, 6.45) is 3.99. The SMILES string of the molecule is COc1cc2c(cc1OC)[C@H](C(=O)NC[C@@H]1CCCO1)[C@H](c1ccc(SC)cc1)N(C)C2=O. The van der Waals surface area contributed by atoms with E-state index in [1.807, 2.05) is 30.5 Å². The van der Waals surface area contributed by atoms with Gasteiger partial charge in [-0.3, -0.25) is 9.59 Å². The quantitative estimate of drug-likeness (QED) is 0.623. The Hall–Kier alpha value is -2.71. The maximum Gasteiger partial charge on any atom is 0.254 e. The van der Waals surface area contributed by atoms with Crippen molar-refractivity contribution < 1.29 is 23.8 Å². The first-order valence-electron chi connectivity index (χ1n) is 11.0. The molecule has 1 saturated heterocycles. The van der Waals surface area contributed by atoms with Crippen molar-refractivity contribution in [3.63, 3.8) is 0 Å². The lowest BCUT2D eigenvalue weighted by Crippen LogP contribution is -2.46. The Labute approximate surface area is 198 Å². The number of nitrogens with zero attached hydrogens (tertiary/aromatic N) is 1. The molecule has 2 aromatic rings. The molecule has 0 aromatic heterocycles. The molecular weight excluding hydrogens is 440 g/mol. The second-order valence-corrected chi connectivity index (χ2v) is 9.17. The molecule has 2 aliphatic heterocycles. The summed E-state index contributed by atoms with van der Waals surface area (Å²) in [7, 11) is 4.82. The number of carbonyl (C=O) groups excluding carboxylic acids is 2. The van der Waals surface area contributed by atoms with Crippen LogP contribution in [0.1, 0.15) is 46.3 Å². The highest BCUT2D eigenvalue weighted by atomic mass is 32.2. The monoisotopic (exact) mass is 470 g/mol. The highest BCUT2D eigenvalue weighted by molar-refractivity contribution is 7.98. The highest BCUT2D eigenvalue weighted by Crippen LogP contribution is 2.45. The van der Waals surface area contributed by atoms with Crippen LogP contribution in [-0.2, 0) is 9.53 Å². The highest BCUT2D eigenvalue weighted by Gasteiger charge is 2.43. The summed E-state index contributed by atoms with van der Waals surface area (Å²) in [6.45, 7) is 1.18. The number of likely N-dealkylation sites (N-methyl/N-ethyl adjacent to an activating group) is 1. The summed E-state index contributed by atoms with van der Waals surface area (Å²) in [5.41, 5.74) is 1.99. The average Bonchev–Trinajstić information content (AvgIpc) is 3.37. The van der Waals surface area contributed by atoms with Crippen LogP contribution in [0.3, 0.4) is 0 Å². The summed E-state index contributed by atoms with van der Waals surface area (Å²) in [5, 5.41) is 3.08. The fraction of sp³-hybridized carbons (Fsp3) is 0.440. The predicted octanol–water partition coefficient (Wildman–Crippen LogP) is 3.63. The molecule has 2 heterocycles. The number of ether oxygens (including phenoxy) is 3. The van der Waals surface area contributed by atoms with E-state index in [0.29, 0.717) is 29.2 Å². The van der Waals surface area contributed by atoms with E-state index < -0.39 is 12.0 Å². The number of hydrogen-bond donors (Lipinski definition) is 1. The molecule has 2 aromatic carbocycles. The smallest absolute Gasteiger partial charge is 0.254 e. The molecule has 0 unspecified atom stereocenters. The van der Waals surface area contributed by atoms with Crippen LogP contribution in [0.25, 0.3) is 0 Å². The molecule has 0 bridgehead atoms. The molecule has 0 saturated carbocycles. The van der Waals surface area contributed by atoms with Gasteiger partial charge in [0, 0.05) is 30.7 Å². The number of fused-ring (bicyclic) bond motifs is 1. The summed E-state index contributed by atoms with van der Waals surface area (Å²) in [4.78, 5) is 29.8. The third-order valence-electron chi connectivity index (χ3n) is 6.44. The van der Waals surface area contributed by atoms with Gasteiger partial charge < -0.3 is 24.4 Å². The van der Waals surface area contributed by atoms with Crippen molar-refractivity contribution in [2.24, 2.45) is 0 Å². The van der Waals surface area contributed by atoms with Crippen LogP contribution in [0.5, 0.6) is 11.5 Å². The van der Waals surface area contributed by atoms with Crippen molar-refractivity contribution in [2.75, 3.05) is 40.7 Å². The van der Waals surface area contributed by atoms with Crippen molar-refractivity contribution in [2.45, 2.75) is 35.8 Å². The zero-order valence-electron chi connectivity index (χ0n) is 19.4. The van der Waals surface area contributed by atoms with Crippen molar-refractivity contribution in [1.82, 2.24) is 10.2 Å². The number of hydrogen-bond acceptors (Lipinski definition) is 6. The van der Waals surface area contributed by atoms with Crippen LogP contribution in [0.15, 0.2) is 41.3 Å². The standard InChI is InChI=1S/C25H30N2O5S/c1-27-23(15-7-9-17(33-4)10-8-15)22(24(28)26-14-16-6-5-11-32-16)18-12-20(30-2)21(31-3)13-19(18)25(27)29/h7-10,12-13,16,22-23H,5-6,11,14H2,1-4H3,(H,26,28)/t16-,22-,23-/m0/s1. The normalized spacial score (nSPS) is 22.1. The van der Waals surface area contributed by atoms with Crippen LogP contribution in [0.4, 0.5) is 0 Å². The number of rotatable bonds is 7. The second kappa shape index (κ2) is 10.1. The Balaban J connectivity index is 1.78. The average molecular weight is 471 g/mol. The molecule has 4 rings (SSSR count). The summed E-state index contributed by atoms with van der Waals surface area (Å²) >= 11 is 1.65. The van der Waals surface area contributed by atoms with Crippen molar-refractivity contribution in [3.8, 4) is 11.5 Å². The molecule has 0 radical (unpaired) electrons. The van der Waals surface area contributed by atoms with Crippen molar-refractivity contribution in [1.29, 1.82) is 0 Å². The van der Waals surface area contributed by atoms with Crippen LogP contribution in [0, 0.1) is 0 Å². The van der Waals surface area contributed by atoms with Crippen LogP contribution in [0.2, 0.25) is 0 Å². The third-order valence-corrected chi connectivity index (χ3v) is 7.19. The summed E-state index contributed by atoms with van der Waals surface area (Å²) < 4.78 is 16.6. The molecule has 7 nitrogen and oxygen atoms in total. The number of methoxy groups -OCH3 is 2. The fourth-order valence-corrected chi connectivity index (χ4v) is 5.09. The maximum atomic E-state index is 13.6. The lowest BCUT2D eigenvalue weighted by atomic mass is 9.79. The van der Waals surface area contributed by atoms with Crippen molar-refractivity contribution in [3.05, 3.63) is 53.1 Å². The maximum absolute atomic E-state index is 13.6. The van der Waals surface area contributed by atoms with Gasteiger partial charge in [0.1, 0.15) is 0 Å². The van der Waals surface area contributed by atoms with Gasteiger partial charge in [0.05, 0.1) is 32.3 Å². The van der Waals surface area contributed by atoms with Gasteiger partial charge in [0.15, 0.2) is 11.5 Å². The molecule has 0 aliphatic carbocycles. The lowest BCUT2D eigenvalue weighted by Gasteiger charge is -2.40. The zero-order chi connectivity index (χ0) is 23.5. The fourth-order valence-electron chi connectivity index (χ4n) is 4.68. The summed E-state index contributed by atoms with van der Waals surface area (Å²) in [5.74, 6) is 0.0377. The predicted molar refractivity (Wildman–Crippen MR) is 127 cm³/mol. The van der Waals surface area contributed by atoms with Gasteiger partial charge in [-0.1, -0.05) is 12.1 Å². The molecule has 33 heavy (non-hydrogen) atoms. The molecule has 176 valence electrons. The van der Waals surface area contributed by atoms with Crippen molar-refractivity contribution >= 4 is 23.6 Å². The molecule has 8 heteroatoms. The molecular formula is C25H30N2O5S. The molecule has 2 aliphatic rings. The van der Waals surface area contributed by atoms with Crippen LogP contribution < -0.4 is 14.8 Å². The Morgan fingerprint density at radius 1 is 1.18 bits per heavy atom. The van der Waals surface area contributed by atoms with Gasteiger partial charge in [-0.2, -0.15) is 0 Å². The summed E-state index contributed by atoms with van der Waals surface area (Å²) in [6, 6.07) is 11.0. The zero-order valence-corrected chi connectivity index (χ0v) is 20.2. The first kappa shape index (κ1) is 23.4. The lowest BCUT2D eigenvalue weighted by molar-refractivity contribution is -0.124. The van der Waals surface area contributed by atoms with E-state index in [-0.39, 0.29) is 17.9 Å². The van der Waals surface area contributed by atoms with E-state index in [0.717, 1.165) is 29.9 Å². The minimum absolute atomic E-state index is 0.0288. The molecule has 3 atom stereocenters. The van der Waals surface area contributed by atoms with E-state index in [2.05, 4.69) is 5.32 Å². The Bertz CT molecular complexity index is 1020. The van der Waals surface area contributed by atoms with Crippen LogP contribution in [-0.4, -0.2) is 63.5 Å². The number of benzene rings is 2. The topological polar surface area (TPSA) is 77.1 Å². The van der Waals surface area contributed by atoms with Gasteiger partial charge in [0.25, 0.3) is 5.91 Å². The van der Waals surface area contributed by atoms with E-state index in [1.54, 1.807) is 43.0 Å². The van der Waals surface area contributed by atoms with Gasteiger partial charge in [-0.15, -0.1) is 11.8 Å². The minimum atomic E-state index is -0.607. The number of amides is 2. The van der Waals surface area contributed by atoms with E-state index in [9.17, 15) is 9.59 Å². The van der Waals surface area contributed by atoms with Gasteiger partial charge in [0.2, 0.25) is 5.91 Å². The number of thioether (sulfide) groups is 1. The van der Waals surface area contributed by atoms with Gasteiger partial charge in [-0.25, -0.2) is 0 Å². The van der Waals surface area contributed by atoms with Crippen LogP contribution >= 0.6 is 11.8 Å². The van der Waals surface area contributed by atoms with Gasteiger partial charge >= 0.3 is 0 Å². The molecule has 0 spiro atoms. The Kier molecular flexibility index (Phi) is 7.14. The van der Waals surface area contributed by atoms with E-state index in [1.165, 1.54) is 7.11 Å². The molecule has 1 N–H and O–H groups in total. The second-order valence-electron chi connectivity index (χ2n) is 8.29. The Morgan fingerprint density at radius 3 is 2.48 bits per heavy atom. The van der Waals surface area contributed by atoms with E-state index >= 15 is 0 Å². The minimum Gasteiger partial charge on any atom is -0.493 e. The molecule has 1 fully saturated rings. The third kappa shape index (κ3) is 4.54. The number of carbonyl (C=O) groups is 2. The first-order chi connectivity index (χ1) is 16.0. The first-order valence-corrected chi connectivity index (χ1v) is 12.3. The Morgan fingerprint density at radius 2 is 1.88 bits per heavy atom. The largest absolute Gasteiger partial charge is 0.493 e. The van der Waals surface area contributed by atoms with Gasteiger partial charge in [-0.05, 0) is 54.5 Å². The number of nitrogens with one attached hydrogen (secondary N) is 1.